The smallest absolute Gasteiger partial charge is 0.186 e. The average Bonchev–Trinajstić information content (AvgIpc) is 2.56. The number of hydrogen-bond donors (Lipinski definition) is 0. The highest BCUT2D eigenvalue weighted by Gasteiger charge is 2.21. The number of benzene rings is 1. The van der Waals surface area contributed by atoms with Gasteiger partial charge in [0.2, 0.25) is 0 Å². The summed E-state index contributed by atoms with van der Waals surface area (Å²) in [5.74, 6) is -0.265. The van der Waals surface area contributed by atoms with Crippen molar-refractivity contribution < 1.29 is 13.9 Å². The lowest BCUT2D eigenvalue weighted by Gasteiger charge is -2.09. The molecule has 0 saturated carbocycles. The predicted octanol–water partition coefficient (Wildman–Crippen LogP) is 2.48. The summed E-state index contributed by atoms with van der Waals surface area (Å²) >= 11 is 2.06. The van der Waals surface area contributed by atoms with Crippen LogP contribution in [0.5, 0.6) is 0 Å². The number of ether oxygens (including phenoxy) is 2. The quantitative estimate of drug-likeness (QED) is 0.741. The highest BCUT2D eigenvalue weighted by atomic mass is 127. The average molecular weight is 294 g/mol. The Morgan fingerprint density at radius 1 is 1.31 bits per heavy atom. The molecule has 0 radical (unpaired) electrons. The molecule has 1 aromatic carbocycles. The summed E-state index contributed by atoms with van der Waals surface area (Å²) in [6.45, 7) is 1.08. The van der Waals surface area contributed by atoms with Crippen LogP contribution in [0.25, 0.3) is 0 Å². The Balaban J connectivity index is 2.29. The van der Waals surface area contributed by atoms with Gasteiger partial charge in [-0.05, 0) is 40.8 Å². The van der Waals surface area contributed by atoms with Gasteiger partial charge in [0, 0.05) is 9.13 Å². The van der Waals surface area contributed by atoms with Crippen molar-refractivity contribution in [1.29, 1.82) is 0 Å². The van der Waals surface area contributed by atoms with Crippen LogP contribution in [0.4, 0.5) is 4.39 Å². The Kier molecular flexibility index (Phi) is 2.80. The molecule has 0 aliphatic carbocycles. The first-order chi connectivity index (χ1) is 6.27. The van der Waals surface area contributed by atoms with Crippen LogP contribution >= 0.6 is 22.6 Å². The van der Waals surface area contributed by atoms with Gasteiger partial charge in [-0.15, -0.1) is 0 Å². The Hall–Kier alpha value is -0.200. The molecule has 13 heavy (non-hydrogen) atoms. The molecule has 1 fully saturated rings. The minimum absolute atomic E-state index is 0.265. The molecular formula is C9H8FIO2. The molecule has 0 unspecified atom stereocenters. The van der Waals surface area contributed by atoms with Gasteiger partial charge in [-0.25, -0.2) is 4.39 Å². The molecule has 4 heteroatoms. The molecule has 70 valence electrons. The summed E-state index contributed by atoms with van der Waals surface area (Å²) in [5, 5.41) is 0. The zero-order valence-electron chi connectivity index (χ0n) is 6.80. The van der Waals surface area contributed by atoms with E-state index in [0.29, 0.717) is 18.8 Å². The lowest BCUT2D eigenvalue weighted by atomic mass is 10.2. The molecule has 0 bridgehead atoms. The lowest BCUT2D eigenvalue weighted by Crippen LogP contribution is -2.01. The fourth-order valence-corrected chi connectivity index (χ4v) is 1.68. The van der Waals surface area contributed by atoms with Gasteiger partial charge in [-0.2, -0.15) is 0 Å². The van der Waals surface area contributed by atoms with E-state index < -0.39 is 6.29 Å². The number of hydrogen-bond acceptors (Lipinski definition) is 2. The molecule has 0 spiro atoms. The molecule has 2 rings (SSSR count). The second-order valence-electron chi connectivity index (χ2n) is 2.74. The highest BCUT2D eigenvalue weighted by molar-refractivity contribution is 14.1. The van der Waals surface area contributed by atoms with Gasteiger partial charge in [0.25, 0.3) is 0 Å². The zero-order valence-corrected chi connectivity index (χ0v) is 8.95. The maximum atomic E-state index is 13.3. The summed E-state index contributed by atoms with van der Waals surface area (Å²) in [7, 11) is 0. The fourth-order valence-electron chi connectivity index (χ4n) is 1.23. The van der Waals surface area contributed by atoms with Gasteiger partial charge in [-0.3, -0.25) is 0 Å². The van der Waals surface area contributed by atoms with E-state index in [4.69, 9.17) is 9.47 Å². The maximum Gasteiger partial charge on any atom is 0.186 e. The van der Waals surface area contributed by atoms with E-state index in [1.807, 2.05) is 6.07 Å². The second kappa shape index (κ2) is 3.89. The van der Waals surface area contributed by atoms with Crippen molar-refractivity contribution in [2.45, 2.75) is 6.29 Å². The van der Waals surface area contributed by atoms with Crippen molar-refractivity contribution in [1.82, 2.24) is 0 Å². The van der Waals surface area contributed by atoms with Crippen LogP contribution in [0.15, 0.2) is 18.2 Å². The van der Waals surface area contributed by atoms with Gasteiger partial charge in [0.1, 0.15) is 5.82 Å². The molecule has 0 N–H and O–H groups in total. The van der Waals surface area contributed by atoms with Crippen molar-refractivity contribution in [3.05, 3.63) is 33.1 Å². The minimum atomic E-state index is -0.517. The Bertz CT molecular complexity index is 310. The van der Waals surface area contributed by atoms with E-state index in [0.717, 1.165) is 3.57 Å². The first-order valence-corrected chi connectivity index (χ1v) is 5.03. The standard InChI is InChI=1S/C9H8FIO2/c10-8-5-6(11)1-2-7(8)9-12-3-4-13-9/h1-2,5,9H,3-4H2. The predicted molar refractivity (Wildman–Crippen MR) is 53.8 cm³/mol. The molecule has 0 aromatic heterocycles. The van der Waals surface area contributed by atoms with Crippen LogP contribution in [0.3, 0.4) is 0 Å². The van der Waals surface area contributed by atoms with Gasteiger partial charge < -0.3 is 9.47 Å². The van der Waals surface area contributed by atoms with E-state index >= 15 is 0 Å². The fraction of sp³-hybridized carbons (Fsp3) is 0.333. The Morgan fingerprint density at radius 2 is 2.00 bits per heavy atom. The van der Waals surface area contributed by atoms with Crippen LogP contribution in [0, 0.1) is 9.39 Å². The highest BCUT2D eigenvalue weighted by Crippen LogP contribution is 2.26. The largest absolute Gasteiger partial charge is 0.346 e. The molecule has 0 atom stereocenters. The Labute approximate surface area is 89.2 Å². The van der Waals surface area contributed by atoms with Gasteiger partial charge in [0.05, 0.1) is 13.2 Å². The van der Waals surface area contributed by atoms with E-state index in [-0.39, 0.29) is 5.82 Å². The van der Waals surface area contributed by atoms with Crippen molar-refractivity contribution in [3.63, 3.8) is 0 Å². The number of halogens is 2. The van der Waals surface area contributed by atoms with Crippen LogP contribution < -0.4 is 0 Å². The van der Waals surface area contributed by atoms with Crippen LogP contribution in [-0.4, -0.2) is 13.2 Å². The summed E-state index contributed by atoms with van der Waals surface area (Å²) in [4.78, 5) is 0. The van der Waals surface area contributed by atoms with E-state index in [2.05, 4.69) is 22.6 Å². The lowest BCUT2D eigenvalue weighted by molar-refractivity contribution is -0.0464. The molecule has 0 amide bonds. The third kappa shape index (κ3) is 2.00. The van der Waals surface area contributed by atoms with E-state index in [1.54, 1.807) is 6.07 Å². The number of rotatable bonds is 1. The summed E-state index contributed by atoms with van der Waals surface area (Å²) in [6.07, 6.45) is -0.517. The van der Waals surface area contributed by atoms with Crippen LogP contribution in [0.1, 0.15) is 11.9 Å². The zero-order chi connectivity index (χ0) is 9.26. The first kappa shape index (κ1) is 9.36. The van der Waals surface area contributed by atoms with Gasteiger partial charge in [-0.1, -0.05) is 0 Å². The molecule has 1 aromatic rings. The van der Waals surface area contributed by atoms with Crippen LogP contribution in [-0.2, 0) is 9.47 Å². The summed E-state index contributed by atoms with van der Waals surface area (Å²) in [6, 6.07) is 5.01. The summed E-state index contributed by atoms with van der Waals surface area (Å²) < 4.78 is 24.6. The van der Waals surface area contributed by atoms with Crippen molar-refractivity contribution in [2.24, 2.45) is 0 Å². The second-order valence-corrected chi connectivity index (χ2v) is 3.98. The van der Waals surface area contributed by atoms with Crippen molar-refractivity contribution >= 4 is 22.6 Å². The van der Waals surface area contributed by atoms with Crippen molar-refractivity contribution in [3.8, 4) is 0 Å². The monoisotopic (exact) mass is 294 g/mol. The normalized spacial score (nSPS) is 18.0. The molecule has 1 heterocycles. The van der Waals surface area contributed by atoms with Gasteiger partial charge in [0.15, 0.2) is 6.29 Å². The van der Waals surface area contributed by atoms with Crippen molar-refractivity contribution in [2.75, 3.05) is 13.2 Å². The molecule has 2 nitrogen and oxygen atoms in total. The third-order valence-corrected chi connectivity index (χ3v) is 2.51. The summed E-state index contributed by atoms with van der Waals surface area (Å²) in [5.41, 5.74) is 0.484. The molecule has 1 aliphatic heterocycles. The molecule has 1 aliphatic rings. The molecule has 1 saturated heterocycles. The first-order valence-electron chi connectivity index (χ1n) is 3.95. The maximum absolute atomic E-state index is 13.3. The minimum Gasteiger partial charge on any atom is -0.346 e. The Morgan fingerprint density at radius 3 is 2.62 bits per heavy atom. The third-order valence-electron chi connectivity index (χ3n) is 1.84. The van der Waals surface area contributed by atoms with E-state index in [9.17, 15) is 4.39 Å². The van der Waals surface area contributed by atoms with Gasteiger partial charge >= 0.3 is 0 Å². The SMILES string of the molecule is Fc1cc(I)ccc1C1OCCO1. The van der Waals surface area contributed by atoms with E-state index in [1.165, 1.54) is 6.07 Å². The van der Waals surface area contributed by atoms with Crippen LogP contribution in [0.2, 0.25) is 0 Å². The molecular weight excluding hydrogens is 286 g/mol. The topological polar surface area (TPSA) is 18.5 Å².